The molecule has 0 saturated carbocycles. The third-order valence-electron chi connectivity index (χ3n) is 3.20. The van der Waals surface area contributed by atoms with E-state index in [4.69, 9.17) is 4.74 Å². The zero-order valence-electron chi connectivity index (χ0n) is 13.1. The first kappa shape index (κ1) is 16.0. The van der Waals surface area contributed by atoms with E-state index in [0.717, 1.165) is 42.3 Å². The van der Waals surface area contributed by atoms with Crippen LogP contribution in [0.5, 0.6) is 5.75 Å². The van der Waals surface area contributed by atoms with E-state index in [2.05, 4.69) is 43.2 Å². The Balaban J connectivity index is 2.10. The number of nitrogens with one attached hydrogen (secondary N) is 1. The molecule has 3 nitrogen and oxygen atoms in total. The van der Waals surface area contributed by atoms with Gasteiger partial charge >= 0.3 is 0 Å². The predicted octanol–water partition coefficient (Wildman–Crippen LogP) is 4.66. The summed E-state index contributed by atoms with van der Waals surface area (Å²) >= 11 is 1.75. The molecule has 1 N–H and O–H groups in total. The van der Waals surface area contributed by atoms with Gasteiger partial charge in [0.2, 0.25) is 0 Å². The van der Waals surface area contributed by atoms with Crippen molar-refractivity contribution in [2.24, 2.45) is 0 Å². The molecule has 1 heterocycles. The van der Waals surface area contributed by atoms with Crippen LogP contribution in [0, 0.1) is 0 Å². The Bertz CT molecular complexity index is 553. The molecule has 0 aliphatic rings. The van der Waals surface area contributed by atoms with Gasteiger partial charge in [0.15, 0.2) is 0 Å². The molecule has 21 heavy (non-hydrogen) atoms. The quantitative estimate of drug-likeness (QED) is 0.770. The van der Waals surface area contributed by atoms with Gasteiger partial charge in [0.25, 0.3) is 0 Å². The summed E-state index contributed by atoms with van der Waals surface area (Å²) < 4.78 is 5.69. The predicted molar refractivity (Wildman–Crippen MR) is 90.0 cm³/mol. The minimum atomic E-state index is 0.357. The number of hydrogen-bond acceptors (Lipinski definition) is 4. The molecule has 1 aromatic carbocycles. The van der Waals surface area contributed by atoms with Crippen LogP contribution in [-0.2, 0) is 0 Å². The van der Waals surface area contributed by atoms with E-state index in [-0.39, 0.29) is 0 Å². The van der Waals surface area contributed by atoms with Crippen LogP contribution >= 0.6 is 11.3 Å². The van der Waals surface area contributed by atoms with Crippen molar-refractivity contribution in [3.8, 4) is 16.3 Å². The van der Waals surface area contributed by atoms with Gasteiger partial charge in [-0.1, -0.05) is 26.0 Å². The van der Waals surface area contributed by atoms with Crippen molar-refractivity contribution >= 4 is 11.3 Å². The number of benzene rings is 1. The molecule has 4 heteroatoms. The molecule has 0 radical (unpaired) electrons. The maximum Gasteiger partial charge on any atom is 0.123 e. The molecule has 1 aromatic heterocycles. The van der Waals surface area contributed by atoms with Gasteiger partial charge in [-0.25, -0.2) is 4.98 Å². The second-order valence-corrected chi connectivity index (χ2v) is 6.18. The standard InChI is InChI=1S/C17H24N2OS/c1-4-9-18-13(3)16-12-19-17(21-16)14-7-6-8-15(11-14)20-10-5-2/h6-8,11-13,18H,4-5,9-10H2,1-3H3. The van der Waals surface area contributed by atoms with Crippen LogP contribution < -0.4 is 10.1 Å². The minimum absolute atomic E-state index is 0.357. The molecule has 1 atom stereocenters. The zero-order valence-corrected chi connectivity index (χ0v) is 13.9. The Morgan fingerprint density at radius 2 is 2.14 bits per heavy atom. The molecule has 114 valence electrons. The fraction of sp³-hybridized carbons (Fsp3) is 0.471. The van der Waals surface area contributed by atoms with Crippen molar-refractivity contribution in [1.29, 1.82) is 0 Å². The molecular formula is C17H24N2OS. The summed E-state index contributed by atoms with van der Waals surface area (Å²) in [4.78, 5) is 5.84. The first-order valence-corrected chi connectivity index (χ1v) is 8.48. The summed E-state index contributed by atoms with van der Waals surface area (Å²) in [7, 11) is 0. The Labute approximate surface area is 131 Å². The molecule has 0 bridgehead atoms. The van der Waals surface area contributed by atoms with Crippen LogP contribution in [0.2, 0.25) is 0 Å². The topological polar surface area (TPSA) is 34.2 Å². The maximum absolute atomic E-state index is 5.69. The number of nitrogens with zero attached hydrogens (tertiary/aromatic N) is 1. The highest BCUT2D eigenvalue weighted by molar-refractivity contribution is 7.15. The van der Waals surface area contributed by atoms with Gasteiger partial charge in [-0.15, -0.1) is 11.3 Å². The minimum Gasteiger partial charge on any atom is -0.494 e. The molecule has 0 aliphatic heterocycles. The van der Waals surface area contributed by atoms with Crippen LogP contribution in [0.1, 0.15) is 44.5 Å². The smallest absolute Gasteiger partial charge is 0.123 e. The van der Waals surface area contributed by atoms with E-state index < -0.39 is 0 Å². The van der Waals surface area contributed by atoms with Gasteiger partial charge in [0.1, 0.15) is 10.8 Å². The van der Waals surface area contributed by atoms with E-state index >= 15 is 0 Å². The summed E-state index contributed by atoms with van der Waals surface area (Å²) in [5, 5.41) is 4.55. The van der Waals surface area contributed by atoms with Crippen molar-refractivity contribution in [3.05, 3.63) is 35.3 Å². The SMILES string of the molecule is CCCNC(C)c1cnc(-c2cccc(OCCC)c2)s1. The number of aromatic nitrogens is 1. The Morgan fingerprint density at radius 1 is 1.29 bits per heavy atom. The molecule has 0 fully saturated rings. The van der Waals surface area contributed by atoms with Crippen molar-refractivity contribution in [1.82, 2.24) is 10.3 Å². The number of thiazole rings is 1. The molecule has 1 unspecified atom stereocenters. The van der Waals surface area contributed by atoms with Gasteiger partial charge < -0.3 is 10.1 Å². The molecule has 2 rings (SSSR count). The lowest BCUT2D eigenvalue weighted by atomic mass is 10.2. The van der Waals surface area contributed by atoms with Gasteiger partial charge in [0.05, 0.1) is 6.61 Å². The first-order valence-electron chi connectivity index (χ1n) is 7.67. The molecule has 0 spiro atoms. The van der Waals surface area contributed by atoms with Crippen LogP contribution in [0.3, 0.4) is 0 Å². The van der Waals surface area contributed by atoms with E-state index in [1.54, 1.807) is 11.3 Å². The third kappa shape index (κ3) is 4.55. The Morgan fingerprint density at radius 3 is 2.90 bits per heavy atom. The second-order valence-electron chi connectivity index (χ2n) is 5.12. The number of ether oxygens (including phenoxy) is 1. The summed E-state index contributed by atoms with van der Waals surface area (Å²) in [6, 6.07) is 8.54. The van der Waals surface area contributed by atoms with E-state index in [1.165, 1.54) is 4.88 Å². The highest BCUT2D eigenvalue weighted by Gasteiger charge is 2.10. The van der Waals surface area contributed by atoms with Gasteiger partial charge in [-0.3, -0.25) is 0 Å². The third-order valence-corrected chi connectivity index (χ3v) is 4.43. The summed E-state index contributed by atoms with van der Waals surface area (Å²) in [6.45, 7) is 8.27. The lowest BCUT2D eigenvalue weighted by Gasteiger charge is -2.09. The highest BCUT2D eigenvalue weighted by Crippen LogP contribution is 2.30. The number of hydrogen-bond donors (Lipinski definition) is 1. The highest BCUT2D eigenvalue weighted by atomic mass is 32.1. The summed E-state index contributed by atoms with van der Waals surface area (Å²) in [5.74, 6) is 0.920. The van der Waals surface area contributed by atoms with Crippen LogP contribution in [0.25, 0.3) is 10.6 Å². The van der Waals surface area contributed by atoms with E-state index in [1.807, 2.05) is 18.3 Å². The van der Waals surface area contributed by atoms with Gasteiger partial charge in [-0.2, -0.15) is 0 Å². The molecule has 0 amide bonds. The monoisotopic (exact) mass is 304 g/mol. The van der Waals surface area contributed by atoms with Crippen molar-refractivity contribution in [3.63, 3.8) is 0 Å². The average molecular weight is 304 g/mol. The zero-order chi connectivity index (χ0) is 15.1. The lowest BCUT2D eigenvalue weighted by molar-refractivity contribution is 0.317. The Kier molecular flexibility index (Phi) is 6.21. The van der Waals surface area contributed by atoms with Crippen molar-refractivity contribution in [2.45, 2.75) is 39.7 Å². The fourth-order valence-corrected chi connectivity index (χ4v) is 2.96. The van der Waals surface area contributed by atoms with Crippen LogP contribution in [0.15, 0.2) is 30.5 Å². The van der Waals surface area contributed by atoms with Gasteiger partial charge in [0, 0.05) is 22.7 Å². The fourth-order valence-electron chi connectivity index (χ4n) is 2.02. The van der Waals surface area contributed by atoms with Crippen LogP contribution in [-0.4, -0.2) is 18.1 Å². The van der Waals surface area contributed by atoms with Gasteiger partial charge in [-0.05, 0) is 38.4 Å². The largest absolute Gasteiger partial charge is 0.494 e. The van der Waals surface area contributed by atoms with E-state index in [0.29, 0.717) is 6.04 Å². The summed E-state index contributed by atoms with van der Waals surface area (Å²) in [5.41, 5.74) is 1.13. The Hall–Kier alpha value is -1.39. The molecular weight excluding hydrogens is 280 g/mol. The average Bonchev–Trinajstić information content (AvgIpc) is 3.01. The normalized spacial score (nSPS) is 12.3. The van der Waals surface area contributed by atoms with Crippen LogP contribution in [0.4, 0.5) is 0 Å². The van der Waals surface area contributed by atoms with E-state index in [9.17, 15) is 0 Å². The first-order chi connectivity index (χ1) is 10.2. The molecule has 0 saturated heterocycles. The number of rotatable bonds is 8. The lowest BCUT2D eigenvalue weighted by Crippen LogP contribution is -2.18. The summed E-state index contributed by atoms with van der Waals surface area (Å²) in [6.07, 6.45) is 4.14. The molecule has 0 aliphatic carbocycles. The second kappa shape index (κ2) is 8.15. The maximum atomic E-state index is 5.69. The molecule has 2 aromatic rings. The van der Waals surface area contributed by atoms with Crippen molar-refractivity contribution < 1.29 is 4.74 Å². The van der Waals surface area contributed by atoms with Crippen molar-refractivity contribution in [2.75, 3.05) is 13.2 Å².